The van der Waals surface area contributed by atoms with Gasteiger partial charge in [-0.05, 0) is 30.3 Å². The molecular weight excluding hydrogens is 524 g/mol. The first-order valence-electron chi connectivity index (χ1n) is 11.3. The molecule has 3 N–H and O–H groups in total. The van der Waals surface area contributed by atoms with Crippen molar-refractivity contribution in [3.63, 3.8) is 0 Å². The third-order valence-corrected chi connectivity index (χ3v) is 5.34. The number of carboxylic acids is 1. The smallest absolute Gasteiger partial charge is 0.481 e. The fourth-order valence-electron chi connectivity index (χ4n) is 3.63. The SMILES string of the molecule is O=C(O)C[C@H](O)C[C@H](O)/C=C/c1cnc2c(F)c(Oc3ccccc3)c(F)cc2c1Oc1ccccc1.[Ca+2]. The van der Waals surface area contributed by atoms with Crippen molar-refractivity contribution in [3.8, 4) is 23.0 Å². The zero-order valence-electron chi connectivity index (χ0n) is 20.1. The average Bonchev–Trinajstić information content (AvgIpc) is 2.87. The van der Waals surface area contributed by atoms with Crippen LogP contribution in [0.3, 0.4) is 0 Å². The van der Waals surface area contributed by atoms with Crippen LogP contribution in [0.5, 0.6) is 23.0 Å². The number of rotatable bonds is 10. The number of hydrogen-bond acceptors (Lipinski definition) is 6. The number of carboxylic acid groups (broad SMARTS) is 1. The van der Waals surface area contributed by atoms with Crippen LogP contribution in [0, 0.1) is 11.6 Å². The molecule has 190 valence electrons. The molecule has 3 aromatic carbocycles. The molecular formula is C28H23CaF2NO6+2. The summed E-state index contributed by atoms with van der Waals surface area (Å²) in [6, 6.07) is 17.8. The minimum atomic E-state index is -1.25. The number of aliphatic carboxylic acids is 1. The fraction of sp³-hybridized carbons (Fsp3) is 0.143. The second-order valence-corrected chi connectivity index (χ2v) is 8.18. The van der Waals surface area contributed by atoms with E-state index in [-0.39, 0.29) is 66.6 Å². The molecule has 4 aromatic rings. The normalized spacial score (nSPS) is 12.6. The zero-order valence-corrected chi connectivity index (χ0v) is 22.3. The quantitative estimate of drug-likeness (QED) is 0.231. The molecule has 1 aromatic heterocycles. The number of halogens is 2. The van der Waals surface area contributed by atoms with Gasteiger partial charge in [-0.1, -0.05) is 48.6 Å². The Bertz CT molecular complexity index is 1420. The Morgan fingerprint density at radius 3 is 2.11 bits per heavy atom. The molecule has 0 saturated heterocycles. The third kappa shape index (κ3) is 7.49. The van der Waals surface area contributed by atoms with Gasteiger partial charge in [0.1, 0.15) is 22.8 Å². The second-order valence-electron chi connectivity index (χ2n) is 8.18. The van der Waals surface area contributed by atoms with E-state index in [9.17, 15) is 15.0 Å². The summed E-state index contributed by atoms with van der Waals surface area (Å²) in [5.74, 6) is -3.06. The van der Waals surface area contributed by atoms with Crippen molar-refractivity contribution in [1.82, 2.24) is 4.98 Å². The molecule has 0 aliphatic heterocycles. The maximum atomic E-state index is 15.4. The molecule has 10 heteroatoms. The van der Waals surface area contributed by atoms with Crippen LogP contribution in [0.4, 0.5) is 8.78 Å². The van der Waals surface area contributed by atoms with E-state index < -0.39 is 42.0 Å². The van der Waals surface area contributed by atoms with Gasteiger partial charge in [0.25, 0.3) is 0 Å². The summed E-state index contributed by atoms with van der Waals surface area (Å²) in [5, 5.41) is 28.8. The van der Waals surface area contributed by atoms with Crippen molar-refractivity contribution >= 4 is 60.7 Å². The molecule has 0 unspecified atom stereocenters. The third-order valence-electron chi connectivity index (χ3n) is 5.34. The van der Waals surface area contributed by atoms with Gasteiger partial charge in [-0.25, -0.2) is 8.78 Å². The number of fused-ring (bicyclic) bond motifs is 1. The Morgan fingerprint density at radius 1 is 0.947 bits per heavy atom. The van der Waals surface area contributed by atoms with Crippen LogP contribution in [0.15, 0.2) is 79.0 Å². The Hall–Kier alpha value is -3.08. The molecule has 38 heavy (non-hydrogen) atoms. The van der Waals surface area contributed by atoms with Crippen molar-refractivity contribution in [2.24, 2.45) is 0 Å². The number of aliphatic hydroxyl groups is 2. The van der Waals surface area contributed by atoms with E-state index in [0.717, 1.165) is 6.07 Å². The summed E-state index contributed by atoms with van der Waals surface area (Å²) in [7, 11) is 0. The van der Waals surface area contributed by atoms with Crippen molar-refractivity contribution < 1.29 is 38.4 Å². The van der Waals surface area contributed by atoms with Crippen LogP contribution in [-0.4, -0.2) is 76.2 Å². The van der Waals surface area contributed by atoms with Crippen LogP contribution >= 0.6 is 0 Å². The molecule has 0 radical (unpaired) electrons. The average molecular weight is 548 g/mol. The number of ether oxygens (including phenoxy) is 2. The molecule has 0 bridgehead atoms. The van der Waals surface area contributed by atoms with Gasteiger partial charge in [-0.15, -0.1) is 0 Å². The Kier molecular flexibility index (Phi) is 10.6. The first-order chi connectivity index (χ1) is 17.8. The number of nitrogens with zero attached hydrogens (tertiary/aromatic N) is 1. The summed E-state index contributed by atoms with van der Waals surface area (Å²) >= 11 is 0. The number of para-hydroxylation sites is 2. The van der Waals surface area contributed by atoms with E-state index in [1.54, 1.807) is 60.7 Å². The van der Waals surface area contributed by atoms with Gasteiger partial charge in [0, 0.05) is 23.6 Å². The van der Waals surface area contributed by atoms with Gasteiger partial charge in [-0.3, -0.25) is 9.78 Å². The molecule has 0 fully saturated rings. The van der Waals surface area contributed by atoms with Gasteiger partial charge in [0.2, 0.25) is 5.75 Å². The van der Waals surface area contributed by atoms with E-state index in [2.05, 4.69) is 4.98 Å². The summed E-state index contributed by atoms with van der Waals surface area (Å²) in [6.07, 6.45) is 0.852. The van der Waals surface area contributed by atoms with Crippen molar-refractivity contribution in [2.75, 3.05) is 0 Å². The maximum absolute atomic E-state index is 15.4. The summed E-state index contributed by atoms with van der Waals surface area (Å²) in [5.41, 5.74) is 0.103. The van der Waals surface area contributed by atoms with Crippen molar-refractivity contribution in [2.45, 2.75) is 25.0 Å². The van der Waals surface area contributed by atoms with Gasteiger partial charge in [0.15, 0.2) is 11.6 Å². The molecule has 1 heterocycles. The van der Waals surface area contributed by atoms with E-state index in [4.69, 9.17) is 14.6 Å². The van der Waals surface area contributed by atoms with Gasteiger partial charge < -0.3 is 24.8 Å². The molecule has 0 aliphatic rings. The molecule has 0 saturated carbocycles. The van der Waals surface area contributed by atoms with Crippen LogP contribution in [0.25, 0.3) is 17.0 Å². The summed E-state index contributed by atoms with van der Waals surface area (Å²) < 4.78 is 41.9. The Balaban J connectivity index is 0.00000400. The molecule has 7 nitrogen and oxygen atoms in total. The maximum Gasteiger partial charge on any atom is 2.00 e. The minimum absolute atomic E-state index is 0. The zero-order chi connectivity index (χ0) is 26.4. The monoisotopic (exact) mass is 547 g/mol. The second kappa shape index (κ2) is 13.6. The van der Waals surface area contributed by atoms with Crippen LogP contribution in [0.1, 0.15) is 18.4 Å². The molecule has 4 rings (SSSR count). The Labute approximate surface area is 247 Å². The van der Waals surface area contributed by atoms with Gasteiger partial charge in [0.05, 0.1) is 18.6 Å². The topological polar surface area (TPSA) is 109 Å². The number of benzene rings is 3. The number of aliphatic hydroxyl groups excluding tert-OH is 2. The predicted octanol–water partition coefficient (Wildman–Crippen LogP) is 5.32. The van der Waals surface area contributed by atoms with Crippen LogP contribution in [0.2, 0.25) is 0 Å². The largest absolute Gasteiger partial charge is 2.00 e. The van der Waals surface area contributed by atoms with Crippen molar-refractivity contribution in [1.29, 1.82) is 0 Å². The molecule has 2 atom stereocenters. The first-order valence-corrected chi connectivity index (χ1v) is 11.3. The number of aromatic nitrogens is 1. The summed E-state index contributed by atoms with van der Waals surface area (Å²) in [6.45, 7) is 0. The van der Waals surface area contributed by atoms with Gasteiger partial charge >= 0.3 is 43.7 Å². The van der Waals surface area contributed by atoms with E-state index in [1.807, 2.05) is 0 Å². The predicted molar refractivity (Wildman–Crippen MR) is 138 cm³/mol. The van der Waals surface area contributed by atoms with Gasteiger partial charge in [-0.2, -0.15) is 0 Å². The molecule has 0 spiro atoms. The van der Waals surface area contributed by atoms with Crippen molar-refractivity contribution in [3.05, 3.63) is 96.2 Å². The fourth-order valence-corrected chi connectivity index (χ4v) is 3.63. The van der Waals surface area contributed by atoms with Crippen LogP contribution < -0.4 is 9.47 Å². The number of pyridine rings is 1. The minimum Gasteiger partial charge on any atom is -0.481 e. The molecule has 0 aliphatic carbocycles. The summed E-state index contributed by atoms with van der Waals surface area (Å²) in [4.78, 5) is 14.9. The number of hydrogen-bond donors (Lipinski definition) is 3. The van der Waals surface area contributed by atoms with E-state index >= 15 is 8.78 Å². The van der Waals surface area contributed by atoms with E-state index in [1.165, 1.54) is 18.3 Å². The Morgan fingerprint density at radius 2 is 1.53 bits per heavy atom. The standard InChI is InChI=1S/C28H23F2NO6.Ca/c29-23-15-22-26(25(30)28(23)37-21-9-5-2-6-10-21)31-16-17(27(22)36-20-7-3-1-4-8-20)11-12-18(32)13-19(33)14-24(34)35;/h1-12,15-16,18-19,32-33H,13-14H2,(H,34,35);/q;+2/b12-11+;/t18-,19-;/m1./s1. The van der Waals surface area contributed by atoms with Crippen LogP contribution in [-0.2, 0) is 4.79 Å². The number of carbonyl (C=O) groups is 1. The molecule has 0 amide bonds. The first kappa shape index (κ1) is 29.5. The van der Waals surface area contributed by atoms with E-state index in [0.29, 0.717) is 11.3 Å².